The summed E-state index contributed by atoms with van der Waals surface area (Å²) in [6.45, 7) is 18.1. The minimum absolute atomic E-state index is 0.0682. The van der Waals surface area contributed by atoms with Gasteiger partial charge in [0.1, 0.15) is 22.5 Å². The summed E-state index contributed by atoms with van der Waals surface area (Å²) in [6, 6.07) is 58.8. The van der Waals surface area contributed by atoms with Gasteiger partial charge in [-0.1, -0.05) is 128 Å². The highest BCUT2D eigenvalue weighted by Gasteiger charge is 2.50. The van der Waals surface area contributed by atoms with Crippen molar-refractivity contribution in [2.45, 2.75) is 72.1 Å². The third kappa shape index (κ3) is 6.39. The zero-order valence-corrected chi connectivity index (χ0v) is 41.3. The fraction of sp³-hybridized carbons (Fsp3) is 0.180. The van der Waals surface area contributed by atoms with Gasteiger partial charge in [0.05, 0.1) is 11.4 Å². The third-order valence-electron chi connectivity index (χ3n) is 14.3. The van der Waals surface area contributed by atoms with E-state index in [1.54, 1.807) is 0 Å². The second-order valence-electron chi connectivity index (χ2n) is 21.2. The molecule has 0 fully saturated rings. The smallest absolute Gasteiger partial charge is 0.342 e. The van der Waals surface area contributed by atoms with Crippen molar-refractivity contribution in [3.05, 3.63) is 174 Å². The van der Waals surface area contributed by atoms with Gasteiger partial charge in [-0.15, -0.1) is 22.7 Å². The van der Waals surface area contributed by atoms with Crippen LogP contribution in [0.2, 0.25) is 0 Å². The number of nitrogens with zero attached hydrogens (tertiary/aromatic N) is 2. The van der Waals surface area contributed by atoms with Gasteiger partial charge in [0, 0.05) is 52.7 Å². The maximum absolute atomic E-state index is 7.35. The first-order valence-corrected chi connectivity index (χ1v) is 25.5. The number of thiophene rings is 2. The van der Waals surface area contributed by atoms with Gasteiger partial charge in [0.25, 0.3) is 0 Å². The molecule has 2 aliphatic rings. The molecule has 0 bridgehead atoms. The lowest BCUT2D eigenvalue weighted by atomic mass is 9.37. The van der Waals surface area contributed by atoms with E-state index in [4.69, 9.17) is 8.83 Å². The van der Waals surface area contributed by atoms with Gasteiger partial charge in [-0.2, -0.15) is 0 Å². The SMILES string of the molecule is CC(C)c1cc2c3c(c1)N(c1cccc(-c4cc5ccccc5s4)c1)c1c(oc4ccc(C(C)(C)C)cc14)B3c1oc3ccc(C(C)(C)C)cc3c1N2c1cccc(-c2cc3ccccc3s2)c1. The summed E-state index contributed by atoms with van der Waals surface area (Å²) in [5.74, 6) is 0.249. The van der Waals surface area contributed by atoms with Crippen molar-refractivity contribution < 1.29 is 8.83 Å². The Labute approximate surface area is 406 Å². The molecule has 4 nitrogen and oxygen atoms in total. The molecular formula is C61H51BN2O2S2. The predicted octanol–water partition coefficient (Wildman–Crippen LogP) is 16.7. The Hall–Kier alpha value is -6.80. The Morgan fingerprint density at radius 2 is 0.941 bits per heavy atom. The van der Waals surface area contributed by atoms with E-state index in [-0.39, 0.29) is 23.5 Å². The van der Waals surface area contributed by atoms with E-state index in [1.165, 1.54) is 63.2 Å². The Balaban J connectivity index is 1.13. The highest BCUT2D eigenvalue weighted by atomic mass is 32.1. The Bertz CT molecular complexity index is 3540. The van der Waals surface area contributed by atoms with Crippen LogP contribution < -0.4 is 26.6 Å². The van der Waals surface area contributed by atoms with Crippen LogP contribution in [0.5, 0.6) is 0 Å². The summed E-state index contributed by atoms with van der Waals surface area (Å²) < 4.78 is 17.3. The molecule has 11 aromatic rings. The van der Waals surface area contributed by atoms with Crippen LogP contribution in [0.15, 0.2) is 167 Å². The minimum Gasteiger partial charge on any atom is -0.468 e. The molecule has 0 saturated carbocycles. The molecule has 0 aliphatic carbocycles. The molecule has 0 atom stereocenters. The molecule has 2 aliphatic heterocycles. The van der Waals surface area contributed by atoms with E-state index in [1.807, 2.05) is 22.7 Å². The largest absolute Gasteiger partial charge is 0.468 e. The number of fused-ring (bicyclic) bond motifs is 10. The number of anilines is 6. The number of furan rings is 2. The van der Waals surface area contributed by atoms with E-state index < -0.39 is 0 Å². The summed E-state index contributed by atoms with van der Waals surface area (Å²) >= 11 is 3.69. The number of hydrogen-bond donors (Lipinski definition) is 0. The van der Waals surface area contributed by atoms with Gasteiger partial charge < -0.3 is 18.6 Å². The highest BCUT2D eigenvalue weighted by Crippen LogP contribution is 2.51. The Kier molecular flexibility index (Phi) is 9.04. The second-order valence-corrected chi connectivity index (χ2v) is 23.3. The first kappa shape index (κ1) is 41.4. The molecule has 0 radical (unpaired) electrons. The van der Waals surface area contributed by atoms with Gasteiger partial charge in [-0.25, -0.2) is 0 Å². The zero-order chi connectivity index (χ0) is 46.4. The quantitative estimate of drug-likeness (QED) is 0.161. The lowest BCUT2D eigenvalue weighted by molar-refractivity contribution is 0.590. The van der Waals surface area contributed by atoms with Crippen molar-refractivity contribution in [2.24, 2.45) is 0 Å². The first-order chi connectivity index (χ1) is 32.8. The molecule has 332 valence electrons. The number of hydrogen-bond acceptors (Lipinski definition) is 6. The zero-order valence-electron chi connectivity index (χ0n) is 39.7. The Morgan fingerprint density at radius 1 is 0.485 bits per heavy atom. The molecule has 0 amide bonds. The minimum atomic E-state index is -0.314. The van der Waals surface area contributed by atoms with Crippen molar-refractivity contribution in [3.8, 4) is 20.9 Å². The number of rotatable bonds is 5. The molecule has 7 aromatic carbocycles. The van der Waals surface area contributed by atoms with Crippen LogP contribution in [-0.4, -0.2) is 6.71 Å². The maximum atomic E-state index is 7.35. The predicted molar refractivity (Wildman–Crippen MR) is 293 cm³/mol. The normalized spacial score (nSPS) is 13.6. The Morgan fingerprint density at radius 3 is 1.37 bits per heavy atom. The summed E-state index contributed by atoms with van der Waals surface area (Å²) in [5, 5.41) is 4.74. The monoisotopic (exact) mass is 918 g/mol. The first-order valence-electron chi connectivity index (χ1n) is 23.9. The van der Waals surface area contributed by atoms with Gasteiger partial charge in [0.2, 0.25) is 0 Å². The molecule has 0 N–H and O–H groups in total. The van der Waals surface area contributed by atoms with Crippen LogP contribution in [0, 0.1) is 0 Å². The lowest BCUT2D eigenvalue weighted by Crippen LogP contribution is -2.60. The van der Waals surface area contributed by atoms with E-state index in [0.29, 0.717) is 0 Å². The molecule has 0 saturated heterocycles. The van der Waals surface area contributed by atoms with Crippen molar-refractivity contribution in [2.75, 3.05) is 9.80 Å². The van der Waals surface area contributed by atoms with E-state index in [9.17, 15) is 0 Å². The van der Waals surface area contributed by atoms with E-state index >= 15 is 0 Å². The average Bonchev–Trinajstić information content (AvgIpc) is 4.13. The summed E-state index contributed by atoms with van der Waals surface area (Å²) in [5.41, 5.74) is 17.4. The van der Waals surface area contributed by atoms with Crippen molar-refractivity contribution in [3.63, 3.8) is 0 Å². The van der Waals surface area contributed by atoms with Crippen LogP contribution in [0.4, 0.5) is 34.1 Å². The molecule has 68 heavy (non-hydrogen) atoms. The van der Waals surface area contributed by atoms with Gasteiger partial charge in [-0.05, 0) is 146 Å². The summed E-state index contributed by atoms with van der Waals surface area (Å²) in [4.78, 5) is 7.53. The lowest BCUT2D eigenvalue weighted by Gasteiger charge is -2.41. The van der Waals surface area contributed by atoms with Gasteiger partial charge in [-0.3, -0.25) is 0 Å². The molecule has 6 heterocycles. The van der Waals surface area contributed by atoms with Gasteiger partial charge >= 0.3 is 6.71 Å². The van der Waals surface area contributed by atoms with Crippen LogP contribution in [0.25, 0.3) is 63.0 Å². The molecule has 4 aromatic heterocycles. The van der Waals surface area contributed by atoms with Crippen molar-refractivity contribution in [1.82, 2.24) is 0 Å². The van der Waals surface area contributed by atoms with Crippen LogP contribution in [-0.2, 0) is 10.8 Å². The standard InChI is InChI=1S/C61H51BN2O2S2/c1-35(2)40-29-47-55-48(30-40)64(44-20-14-18-37(28-44)54-32-39-16-10-12-22-52(39)68-54)57-46-34-42(61(6,7)8)24-26-50(46)66-59(57)62(55)58-56(45-33-41(60(3,4)5)23-25-49(45)65-58)63(47)43-19-13-17-36(27-43)53-31-38-15-9-11-21-51(38)67-53/h9-35H,1-8H3. The topological polar surface area (TPSA) is 32.8 Å². The fourth-order valence-corrected chi connectivity index (χ4v) is 12.8. The molecular weight excluding hydrogens is 868 g/mol. The molecule has 0 spiro atoms. The van der Waals surface area contributed by atoms with Crippen LogP contribution >= 0.6 is 22.7 Å². The van der Waals surface area contributed by atoms with E-state index in [0.717, 1.165) is 67.4 Å². The molecule has 7 heteroatoms. The molecule has 0 unspecified atom stereocenters. The number of benzene rings is 7. The van der Waals surface area contributed by atoms with Crippen LogP contribution in [0.1, 0.15) is 78.0 Å². The summed E-state index contributed by atoms with van der Waals surface area (Å²) in [6.07, 6.45) is 0. The maximum Gasteiger partial charge on any atom is 0.342 e. The third-order valence-corrected chi connectivity index (χ3v) is 16.6. The molecule has 13 rings (SSSR count). The van der Waals surface area contributed by atoms with Crippen LogP contribution in [0.3, 0.4) is 0 Å². The van der Waals surface area contributed by atoms with E-state index in [2.05, 4.69) is 223 Å². The highest BCUT2D eigenvalue weighted by molar-refractivity contribution is 7.22. The van der Waals surface area contributed by atoms with Crippen molar-refractivity contribution >= 4 is 122 Å². The second kappa shape index (κ2) is 14.9. The summed E-state index contributed by atoms with van der Waals surface area (Å²) in [7, 11) is 0. The fourth-order valence-electron chi connectivity index (χ4n) is 10.6. The van der Waals surface area contributed by atoms with Gasteiger partial charge in [0.15, 0.2) is 0 Å². The van der Waals surface area contributed by atoms with Crippen molar-refractivity contribution in [1.29, 1.82) is 0 Å². The average molecular weight is 919 g/mol.